The second kappa shape index (κ2) is 3.76. The fraction of sp³-hybridized carbons (Fsp3) is 0.333. The maximum absolute atomic E-state index is 11.5. The molecule has 1 atom stereocenters. The quantitative estimate of drug-likeness (QED) is 0.683. The van der Waals surface area contributed by atoms with E-state index < -0.39 is 23.4 Å². The molecule has 0 radical (unpaired) electrons. The molecular weight excluding hydrogens is 214 g/mol. The van der Waals surface area contributed by atoms with Crippen LogP contribution in [-0.4, -0.2) is 33.5 Å². The Morgan fingerprint density at radius 2 is 2.31 bits per heavy atom. The maximum atomic E-state index is 11.5. The van der Waals surface area contributed by atoms with Crippen molar-refractivity contribution in [2.45, 2.75) is 6.42 Å². The number of carbonyl (C=O) groups is 2. The molecule has 0 aliphatic carbocycles. The van der Waals surface area contributed by atoms with Crippen LogP contribution >= 0.6 is 0 Å². The molecule has 1 saturated heterocycles. The molecule has 0 bridgehead atoms. The van der Waals surface area contributed by atoms with E-state index in [0.717, 1.165) is 4.90 Å². The molecule has 7 nitrogen and oxygen atoms in total. The predicted molar refractivity (Wildman–Crippen MR) is 53.0 cm³/mol. The molecule has 0 spiro atoms. The van der Waals surface area contributed by atoms with Gasteiger partial charge in [-0.2, -0.15) is 0 Å². The van der Waals surface area contributed by atoms with Gasteiger partial charge < -0.3 is 10.1 Å². The van der Waals surface area contributed by atoms with Crippen LogP contribution in [0.4, 0.5) is 5.82 Å². The average molecular weight is 223 g/mol. The zero-order valence-corrected chi connectivity index (χ0v) is 8.21. The van der Waals surface area contributed by atoms with Crippen LogP contribution in [0.25, 0.3) is 0 Å². The highest BCUT2D eigenvalue weighted by molar-refractivity contribution is 5.98. The fourth-order valence-electron chi connectivity index (χ4n) is 1.61. The molecule has 1 aliphatic heterocycles. The van der Waals surface area contributed by atoms with Crippen molar-refractivity contribution < 1.29 is 14.7 Å². The van der Waals surface area contributed by atoms with E-state index in [4.69, 9.17) is 5.11 Å². The number of nitrogens with zero attached hydrogens (tertiary/aromatic N) is 2. The van der Waals surface area contributed by atoms with Crippen molar-refractivity contribution in [2.75, 3.05) is 11.4 Å². The van der Waals surface area contributed by atoms with Gasteiger partial charge in [-0.3, -0.25) is 19.3 Å². The van der Waals surface area contributed by atoms with Gasteiger partial charge in [-0.1, -0.05) is 0 Å². The SMILES string of the molecule is O=C(O)C1CC(=O)N(c2ncc[nH]c2=O)C1. The van der Waals surface area contributed by atoms with Crippen LogP contribution in [0.3, 0.4) is 0 Å². The molecule has 2 heterocycles. The molecule has 1 aromatic rings. The van der Waals surface area contributed by atoms with Crippen LogP contribution < -0.4 is 10.5 Å². The van der Waals surface area contributed by atoms with Crippen molar-refractivity contribution in [1.29, 1.82) is 0 Å². The van der Waals surface area contributed by atoms with Crippen LogP contribution in [0.1, 0.15) is 6.42 Å². The Bertz CT molecular complexity index is 496. The summed E-state index contributed by atoms with van der Waals surface area (Å²) in [6.07, 6.45) is 2.60. The number of aliphatic carboxylic acids is 1. The van der Waals surface area contributed by atoms with Gasteiger partial charge in [0.05, 0.1) is 5.92 Å². The first kappa shape index (κ1) is 10.3. The number of aromatic nitrogens is 2. The van der Waals surface area contributed by atoms with Gasteiger partial charge in [0, 0.05) is 25.4 Å². The molecule has 1 amide bonds. The van der Waals surface area contributed by atoms with E-state index >= 15 is 0 Å². The number of H-pyrrole nitrogens is 1. The highest BCUT2D eigenvalue weighted by Gasteiger charge is 2.36. The summed E-state index contributed by atoms with van der Waals surface area (Å²) in [5.41, 5.74) is -0.498. The lowest BCUT2D eigenvalue weighted by atomic mass is 10.1. The molecule has 2 N–H and O–H groups in total. The number of aromatic amines is 1. The van der Waals surface area contributed by atoms with Gasteiger partial charge in [0.25, 0.3) is 5.56 Å². The second-order valence-electron chi connectivity index (χ2n) is 3.49. The number of carboxylic acid groups (broad SMARTS) is 1. The van der Waals surface area contributed by atoms with Crippen LogP contribution in [0.2, 0.25) is 0 Å². The summed E-state index contributed by atoms with van der Waals surface area (Å²) in [6.45, 7) is -0.00569. The molecule has 1 aromatic heterocycles. The summed E-state index contributed by atoms with van der Waals surface area (Å²) in [7, 11) is 0. The number of nitrogens with one attached hydrogen (secondary N) is 1. The molecule has 1 unspecified atom stereocenters. The van der Waals surface area contributed by atoms with Crippen molar-refractivity contribution in [3.63, 3.8) is 0 Å². The van der Waals surface area contributed by atoms with E-state index in [0.29, 0.717) is 0 Å². The number of carbonyl (C=O) groups excluding carboxylic acids is 1. The minimum Gasteiger partial charge on any atom is -0.481 e. The van der Waals surface area contributed by atoms with E-state index in [-0.39, 0.29) is 18.8 Å². The van der Waals surface area contributed by atoms with Gasteiger partial charge in [-0.05, 0) is 0 Å². The summed E-state index contributed by atoms with van der Waals surface area (Å²) < 4.78 is 0. The third kappa shape index (κ3) is 1.67. The van der Waals surface area contributed by atoms with Gasteiger partial charge in [0.1, 0.15) is 0 Å². The third-order valence-electron chi connectivity index (χ3n) is 2.42. The van der Waals surface area contributed by atoms with Gasteiger partial charge in [0.15, 0.2) is 0 Å². The molecule has 84 valence electrons. The first-order chi connectivity index (χ1) is 7.59. The summed E-state index contributed by atoms with van der Waals surface area (Å²) in [4.78, 5) is 40.9. The number of hydrogen-bond acceptors (Lipinski definition) is 4. The normalized spacial score (nSPS) is 20.1. The molecule has 1 fully saturated rings. The standard InChI is InChI=1S/C9H9N3O4/c13-6-3-5(9(15)16)4-12(6)7-8(14)11-2-1-10-7/h1-2,5H,3-4H2,(H,11,14)(H,15,16). The number of hydrogen-bond donors (Lipinski definition) is 2. The highest BCUT2D eigenvalue weighted by Crippen LogP contribution is 2.20. The van der Waals surface area contributed by atoms with E-state index in [1.54, 1.807) is 0 Å². The van der Waals surface area contributed by atoms with Crippen molar-refractivity contribution in [3.05, 3.63) is 22.7 Å². The largest absolute Gasteiger partial charge is 0.481 e. The van der Waals surface area contributed by atoms with Crippen molar-refractivity contribution in [3.8, 4) is 0 Å². The van der Waals surface area contributed by atoms with E-state index in [1.807, 2.05) is 0 Å². The molecule has 16 heavy (non-hydrogen) atoms. The Hall–Kier alpha value is -2.18. The van der Waals surface area contributed by atoms with Gasteiger partial charge >= 0.3 is 5.97 Å². The number of rotatable bonds is 2. The molecular formula is C9H9N3O4. The number of carboxylic acids is 1. The Morgan fingerprint density at radius 1 is 1.56 bits per heavy atom. The minimum absolute atomic E-state index is 0.00569. The van der Waals surface area contributed by atoms with E-state index in [2.05, 4.69) is 9.97 Å². The summed E-state index contributed by atoms with van der Waals surface area (Å²) >= 11 is 0. The third-order valence-corrected chi connectivity index (χ3v) is 2.42. The predicted octanol–water partition coefficient (Wildman–Crippen LogP) is -0.793. The summed E-state index contributed by atoms with van der Waals surface area (Å²) in [5.74, 6) is -2.25. The van der Waals surface area contributed by atoms with E-state index in [1.165, 1.54) is 12.4 Å². The van der Waals surface area contributed by atoms with Gasteiger partial charge in [-0.15, -0.1) is 0 Å². The van der Waals surface area contributed by atoms with Crippen molar-refractivity contribution in [1.82, 2.24) is 9.97 Å². The lowest BCUT2D eigenvalue weighted by Crippen LogP contribution is -2.32. The molecule has 0 aromatic carbocycles. The van der Waals surface area contributed by atoms with Crippen LogP contribution in [0.5, 0.6) is 0 Å². The highest BCUT2D eigenvalue weighted by atomic mass is 16.4. The zero-order chi connectivity index (χ0) is 11.7. The summed E-state index contributed by atoms with van der Waals surface area (Å²) in [6, 6.07) is 0. The first-order valence-electron chi connectivity index (χ1n) is 4.66. The van der Waals surface area contributed by atoms with Crippen LogP contribution in [-0.2, 0) is 9.59 Å². The molecule has 2 rings (SSSR count). The molecule has 0 saturated carbocycles. The molecule has 7 heteroatoms. The van der Waals surface area contributed by atoms with Gasteiger partial charge in [-0.25, -0.2) is 4.98 Å². The van der Waals surface area contributed by atoms with Crippen molar-refractivity contribution >= 4 is 17.7 Å². The topological polar surface area (TPSA) is 103 Å². The van der Waals surface area contributed by atoms with Crippen LogP contribution in [0, 0.1) is 5.92 Å². The Labute approximate surface area is 89.7 Å². The van der Waals surface area contributed by atoms with E-state index in [9.17, 15) is 14.4 Å². The Balaban J connectivity index is 2.30. The smallest absolute Gasteiger partial charge is 0.308 e. The van der Waals surface area contributed by atoms with Gasteiger partial charge in [0.2, 0.25) is 11.7 Å². The zero-order valence-electron chi connectivity index (χ0n) is 8.21. The van der Waals surface area contributed by atoms with Crippen LogP contribution in [0.15, 0.2) is 17.2 Å². The second-order valence-corrected chi connectivity index (χ2v) is 3.49. The Morgan fingerprint density at radius 3 is 2.88 bits per heavy atom. The lowest BCUT2D eigenvalue weighted by Gasteiger charge is -2.12. The first-order valence-corrected chi connectivity index (χ1v) is 4.66. The molecule has 1 aliphatic rings. The lowest BCUT2D eigenvalue weighted by molar-refractivity contribution is -0.141. The average Bonchev–Trinajstić information content (AvgIpc) is 2.61. The maximum Gasteiger partial charge on any atom is 0.308 e. The number of anilines is 1. The summed E-state index contributed by atoms with van der Waals surface area (Å²) in [5, 5.41) is 8.78. The fourth-order valence-corrected chi connectivity index (χ4v) is 1.61. The minimum atomic E-state index is -1.04. The number of amides is 1. The van der Waals surface area contributed by atoms with Crippen molar-refractivity contribution in [2.24, 2.45) is 5.92 Å². The monoisotopic (exact) mass is 223 g/mol. The Kier molecular flexibility index (Phi) is 2.43.